The third-order valence-corrected chi connectivity index (χ3v) is 2.48. The molecule has 2 N–H and O–H groups in total. The highest BCUT2D eigenvalue weighted by Gasteiger charge is 2.11. The fraction of sp³-hybridized carbons (Fsp3) is 0.455. The van der Waals surface area contributed by atoms with E-state index in [0.717, 1.165) is 15.7 Å². The van der Waals surface area contributed by atoms with E-state index in [2.05, 4.69) is 15.9 Å². The molecule has 0 atom stereocenters. The summed E-state index contributed by atoms with van der Waals surface area (Å²) in [5.74, 6) is 0. The Labute approximate surface area is 93.6 Å². The van der Waals surface area contributed by atoms with Gasteiger partial charge in [0.25, 0.3) is 0 Å². The van der Waals surface area contributed by atoms with Crippen LogP contribution >= 0.6 is 15.9 Å². The van der Waals surface area contributed by atoms with Crippen LogP contribution in [0.15, 0.2) is 22.7 Å². The average Bonchev–Trinajstić information content (AvgIpc) is 2.00. The SMILES string of the molecule is CC(C)(C)OCc1ccc(N)cc1Br. The number of ether oxygens (including phenoxy) is 1. The molecule has 0 heterocycles. The first-order valence-corrected chi connectivity index (χ1v) is 5.36. The lowest BCUT2D eigenvalue weighted by Crippen LogP contribution is -2.18. The maximum Gasteiger partial charge on any atom is 0.0734 e. The summed E-state index contributed by atoms with van der Waals surface area (Å²) in [6.07, 6.45) is 0. The zero-order chi connectivity index (χ0) is 10.8. The lowest BCUT2D eigenvalue weighted by Gasteiger charge is -2.20. The number of hydrogen-bond acceptors (Lipinski definition) is 2. The summed E-state index contributed by atoms with van der Waals surface area (Å²) < 4.78 is 6.67. The molecule has 0 bridgehead atoms. The number of rotatable bonds is 2. The maximum atomic E-state index is 5.67. The molecule has 3 heteroatoms. The van der Waals surface area contributed by atoms with Crippen LogP contribution in [-0.4, -0.2) is 5.60 Å². The molecule has 1 rings (SSSR count). The fourth-order valence-electron chi connectivity index (χ4n) is 0.975. The van der Waals surface area contributed by atoms with Crippen LogP contribution in [0.3, 0.4) is 0 Å². The highest BCUT2D eigenvalue weighted by Crippen LogP contribution is 2.22. The number of hydrogen-bond donors (Lipinski definition) is 1. The zero-order valence-corrected chi connectivity index (χ0v) is 10.4. The lowest BCUT2D eigenvalue weighted by atomic mass is 10.2. The molecule has 0 saturated carbocycles. The van der Waals surface area contributed by atoms with E-state index in [1.165, 1.54) is 0 Å². The van der Waals surface area contributed by atoms with Crippen molar-refractivity contribution in [2.24, 2.45) is 0 Å². The first kappa shape index (κ1) is 11.5. The lowest BCUT2D eigenvalue weighted by molar-refractivity contribution is -0.0152. The Hall–Kier alpha value is -0.540. The molecule has 0 amide bonds. The second kappa shape index (κ2) is 4.32. The molecule has 2 nitrogen and oxygen atoms in total. The third kappa shape index (κ3) is 3.68. The van der Waals surface area contributed by atoms with E-state index < -0.39 is 0 Å². The van der Waals surface area contributed by atoms with Gasteiger partial charge in [0.05, 0.1) is 12.2 Å². The Kier molecular flexibility index (Phi) is 3.56. The standard InChI is InChI=1S/C11H16BrNO/c1-11(2,3)14-7-8-4-5-9(13)6-10(8)12/h4-6H,7,13H2,1-3H3. The number of halogens is 1. The molecule has 0 saturated heterocycles. The van der Waals surface area contributed by atoms with E-state index in [1.807, 2.05) is 39.0 Å². The highest BCUT2D eigenvalue weighted by molar-refractivity contribution is 9.10. The number of nitrogens with two attached hydrogens (primary N) is 1. The summed E-state index contributed by atoms with van der Waals surface area (Å²) in [5.41, 5.74) is 7.41. The second-order valence-corrected chi connectivity index (χ2v) is 5.11. The molecule has 14 heavy (non-hydrogen) atoms. The molecule has 0 aliphatic carbocycles. The molecular weight excluding hydrogens is 242 g/mol. The number of benzene rings is 1. The number of nitrogen functional groups attached to an aromatic ring is 1. The normalized spacial score (nSPS) is 11.7. The average molecular weight is 258 g/mol. The first-order valence-electron chi connectivity index (χ1n) is 4.56. The van der Waals surface area contributed by atoms with E-state index >= 15 is 0 Å². The Morgan fingerprint density at radius 1 is 1.36 bits per heavy atom. The van der Waals surface area contributed by atoms with Gasteiger partial charge in [-0.3, -0.25) is 0 Å². The van der Waals surface area contributed by atoms with Crippen molar-refractivity contribution >= 4 is 21.6 Å². The summed E-state index contributed by atoms with van der Waals surface area (Å²) in [7, 11) is 0. The van der Waals surface area contributed by atoms with Gasteiger partial charge >= 0.3 is 0 Å². The second-order valence-electron chi connectivity index (χ2n) is 4.25. The Balaban J connectivity index is 2.68. The van der Waals surface area contributed by atoms with Crippen molar-refractivity contribution in [3.05, 3.63) is 28.2 Å². The summed E-state index contributed by atoms with van der Waals surface area (Å²) in [6.45, 7) is 6.72. The summed E-state index contributed by atoms with van der Waals surface area (Å²) in [4.78, 5) is 0. The van der Waals surface area contributed by atoms with Crippen molar-refractivity contribution in [3.63, 3.8) is 0 Å². The van der Waals surface area contributed by atoms with Gasteiger partial charge in [-0.15, -0.1) is 0 Å². The Morgan fingerprint density at radius 2 is 2.00 bits per heavy atom. The molecule has 0 aliphatic rings. The molecule has 0 aromatic heterocycles. The zero-order valence-electron chi connectivity index (χ0n) is 8.80. The van der Waals surface area contributed by atoms with Crippen molar-refractivity contribution in [1.29, 1.82) is 0 Å². The van der Waals surface area contributed by atoms with Gasteiger partial charge in [-0.2, -0.15) is 0 Å². The van der Waals surface area contributed by atoms with Crippen LogP contribution in [0.5, 0.6) is 0 Å². The van der Waals surface area contributed by atoms with Crippen LogP contribution in [0.4, 0.5) is 5.69 Å². The Bertz CT molecular complexity index is 318. The fourth-order valence-corrected chi connectivity index (χ4v) is 1.49. The van der Waals surface area contributed by atoms with Gasteiger partial charge in [0.2, 0.25) is 0 Å². The molecule has 1 aromatic carbocycles. The molecular formula is C11H16BrNO. The van der Waals surface area contributed by atoms with Gasteiger partial charge in [0.15, 0.2) is 0 Å². The van der Waals surface area contributed by atoms with E-state index in [9.17, 15) is 0 Å². The first-order chi connectivity index (χ1) is 6.38. The molecule has 0 spiro atoms. The molecule has 0 aliphatic heterocycles. The van der Waals surface area contributed by atoms with E-state index in [1.54, 1.807) is 0 Å². The van der Waals surface area contributed by atoms with E-state index in [-0.39, 0.29) is 5.60 Å². The summed E-state index contributed by atoms with van der Waals surface area (Å²) in [6, 6.07) is 5.75. The van der Waals surface area contributed by atoms with Gasteiger partial charge in [-0.05, 0) is 38.5 Å². The minimum absolute atomic E-state index is 0.110. The van der Waals surface area contributed by atoms with Crippen LogP contribution in [0.2, 0.25) is 0 Å². The Morgan fingerprint density at radius 3 is 2.50 bits per heavy atom. The van der Waals surface area contributed by atoms with Crippen molar-refractivity contribution < 1.29 is 4.74 Å². The molecule has 0 fully saturated rings. The molecule has 0 unspecified atom stereocenters. The number of anilines is 1. The van der Waals surface area contributed by atoms with Gasteiger partial charge in [0, 0.05) is 10.2 Å². The van der Waals surface area contributed by atoms with Crippen molar-refractivity contribution in [2.75, 3.05) is 5.73 Å². The maximum absolute atomic E-state index is 5.67. The highest BCUT2D eigenvalue weighted by atomic mass is 79.9. The van der Waals surface area contributed by atoms with E-state index in [0.29, 0.717) is 6.61 Å². The van der Waals surface area contributed by atoms with Gasteiger partial charge in [-0.25, -0.2) is 0 Å². The molecule has 78 valence electrons. The third-order valence-electron chi connectivity index (χ3n) is 1.74. The van der Waals surface area contributed by atoms with Crippen molar-refractivity contribution in [1.82, 2.24) is 0 Å². The monoisotopic (exact) mass is 257 g/mol. The van der Waals surface area contributed by atoms with Gasteiger partial charge < -0.3 is 10.5 Å². The summed E-state index contributed by atoms with van der Waals surface area (Å²) in [5, 5.41) is 0. The van der Waals surface area contributed by atoms with Crippen LogP contribution in [0.1, 0.15) is 26.3 Å². The summed E-state index contributed by atoms with van der Waals surface area (Å²) >= 11 is 3.45. The smallest absolute Gasteiger partial charge is 0.0734 e. The van der Waals surface area contributed by atoms with Crippen LogP contribution in [0.25, 0.3) is 0 Å². The van der Waals surface area contributed by atoms with Gasteiger partial charge in [0.1, 0.15) is 0 Å². The van der Waals surface area contributed by atoms with Crippen molar-refractivity contribution in [2.45, 2.75) is 33.0 Å². The largest absolute Gasteiger partial charge is 0.399 e. The minimum Gasteiger partial charge on any atom is -0.399 e. The van der Waals surface area contributed by atoms with Gasteiger partial charge in [-0.1, -0.05) is 22.0 Å². The van der Waals surface area contributed by atoms with E-state index in [4.69, 9.17) is 10.5 Å². The topological polar surface area (TPSA) is 35.2 Å². The molecule has 0 radical (unpaired) electrons. The van der Waals surface area contributed by atoms with Crippen LogP contribution < -0.4 is 5.73 Å². The predicted octanol–water partition coefficient (Wildman–Crippen LogP) is 3.35. The van der Waals surface area contributed by atoms with Crippen LogP contribution in [-0.2, 0) is 11.3 Å². The van der Waals surface area contributed by atoms with Crippen molar-refractivity contribution in [3.8, 4) is 0 Å². The minimum atomic E-state index is -0.110. The quantitative estimate of drug-likeness (QED) is 0.825. The van der Waals surface area contributed by atoms with Crippen LogP contribution in [0, 0.1) is 0 Å². The predicted molar refractivity (Wildman–Crippen MR) is 63.1 cm³/mol. The molecule has 1 aromatic rings.